The van der Waals surface area contributed by atoms with Gasteiger partial charge in [-0.3, -0.25) is 0 Å². The van der Waals surface area contributed by atoms with E-state index < -0.39 is 11.7 Å². The van der Waals surface area contributed by atoms with Crippen LogP contribution >= 0.6 is 0 Å². The van der Waals surface area contributed by atoms with Crippen molar-refractivity contribution in [1.82, 2.24) is 5.32 Å². The van der Waals surface area contributed by atoms with Crippen molar-refractivity contribution in [3.8, 4) is 5.75 Å². The van der Waals surface area contributed by atoms with Crippen LogP contribution in [0.4, 0.5) is 0 Å². The Labute approximate surface area is 161 Å². The Hall–Kier alpha value is -2.37. The third-order valence-electron chi connectivity index (χ3n) is 4.18. The summed E-state index contributed by atoms with van der Waals surface area (Å²) < 4.78 is 10.8. The summed E-state index contributed by atoms with van der Waals surface area (Å²) in [6.07, 6.45) is 0.329. The van der Waals surface area contributed by atoms with Gasteiger partial charge in [-0.25, -0.2) is 4.79 Å². The van der Waals surface area contributed by atoms with Gasteiger partial charge in [0.1, 0.15) is 5.75 Å². The second-order valence-corrected chi connectivity index (χ2v) is 6.86. The summed E-state index contributed by atoms with van der Waals surface area (Å²) in [6.45, 7) is 6.77. The van der Waals surface area contributed by atoms with Gasteiger partial charge in [0.15, 0.2) is 5.60 Å². The molecule has 0 aliphatic heterocycles. The first kappa shape index (κ1) is 20.9. The van der Waals surface area contributed by atoms with Crippen LogP contribution in [0.1, 0.15) is 38.0 Å². The van der Waals surface area contributed by atoms with E-state index in [-0.39, 0.29) is 5.97 Å². The van der Waals surface area contributed by atoms with E-state index in [9.17, 15) is 9.90 Å². The van der Waals surface area contributed by atoms with E-state index in [2.05, 4.69) is 5.32 Å². The molecule has 0 aliphatic carbocycles. The number of nitrogens with one attached hydrogen (secondary N) is 1. The third-order valence-corrected chi connectivity index (χ3v) is 4.18. The maximum Gasteiger partial charge on any atom is 0.349 e. The molecule has 0 saturated carbocycles. The lowest BCUT2D eigenvalue weighted by Crippen LogP contribution is -2.39. The van der Waals surface area contributed by atoms with Crippen LogP contribution in [0.2, 0.25) is 0 Å². The number of benzene rings is 2. The zero-order valence-electron chi connectivity index (χ0n) is 16.3. The molecule has 0 bridgehead atoms. The van der Waals surface area contributed by atoms with Gasteiger partial charge in [-0.15, -0.1) is 0 Å². The Morgan fingerprint density at radius 1 is 1.11 bits per heavy atom. The van der Waals surface area contributed by atoms with Crippen molar-refractivity contribution < 1.29 is 19.4 Å². The number of aliphatic hydroxyl groups is 1. The van der Waals surface area contributed by atoms with E-state index >= 15 is 0 Å². The molecule has 0 aromatic heterocycles. The summed E-state index contributed by atoms with van der Waals surface area (Å²) in [5, 5.41) is 13.4. The van der Waals surface area contributed by atoms with Crippen molar-refractivity contribution in [3.05, 3.63) is 65.7 Å². The van der Waals surface area contributed by atoms with Crippen molar-refractivity contribution >= 4 is 5.97 Å². The fourth-order valence-electron chi connectivity index (χ4n) is 2.63. The average molecular weight is 371 g/mol. The quantitative estimate of drug-likeness (QED) is 0.496. The highest BCUT2D eigenvalue weighted by atomic mass is 16.6. The number of esters is 1. The van der Waals surface area contributed by atoms with Gasteiger partial charge < -0.3 is 19.9 Å². The summed E-state index contributed by atoms with van der Waals surface area (Å²) in [7, 11) is 0. The molecule has 27 heavy (non-hydrogen) atoms. The van der Waals surface area contributed by atoms with Crippen LogP contribution in [-0.4, -0.2) is 36.4 Å². The smallest absolute Gasteiger partial charge is 0.349 e. The Bertz CT molecular complexity index is 698. The molecule has 0 spiro atoms. The van der Waals surface area contributed by atoms with Crippen LogP contribution in [0.5, 0.6) is 5.75 Å². The zero-order chi connectivity index (χ0) is 19.7. The van der Waals surface area contributed by atoms with E-state index in [1.807, 2.05) is 54.6 Å². The van der Waals surface area contributed by atoms with E-state index in [1.165, 1.54) is 0 Å². The first-order valence-electron chi connectivity index (χ1n) is 9.31. The molecule has 0 saturated heterocycles. The zero-order valence-corrected chi connectivity index (χ0v) is 16.3. The summed E-state index contributed by atoms with van der Waals surface area (Å²) in [4.78, 5) is 11.9. The number of hydrogen-bond donors (Lipinski definition) is 2. The molecule has 0 aliphatic rings. The van der Waals surface area contributed by atoms with E-state index in [4.69, 9.17) is 9.47 Å². The maximum atomic E-state index is 11.9. The first-order valence-corrected chi connectivity index (χ1v) is 9.31. The minimum Gasteiger partial charge on any atom is -0.476 e. The van der Waals surface area contributed by atoms with Gasteiger partial charge in [0, 0.05) is 6.54 Å². The van der Waals surface area contributed by atoms with Crippen LogP contribution in [0, 0.1) is 0 Å². The number of carbonyl (C=O) groups excluding carboxylic acids is 1. The predicted molar refractivity (Wildman–Crippen MR) is 106 cm³/mol. The van der Waals surface area contributed by atoms with Crippen molar-refractivity contribution in [2.45, 2.75) is 38.9 Å². The predicted octanol–water partition coefficient (Wildman–Crippen LogP) is 3.27. The highest BCUT2D eigenvalue weighted by molar-refractivity contribution is 5.79. The Kier molecular flexibility index (Phi) is 7.82. The van der Waals surface area contributed by atoms with Crippen molar-refractivity contribution in [2.75, 3.05) is 19.7 Å². The molecule has 5 heteroatoms. The standard InChI is InChI=1S/C22H29NO4/c1-4-26-21(25)22(2,3)27-19-12-10-17(11-13-19)14-15-23-16-20(24)18-8-6-5-7-9-18/h5-13,20,23-24H,4,14-16H2,1-3H3/t20-/m0/s1. The summed E-state index contributed by atoms with van der Waals surface area (Å²) in [5.41, 5.74) is 1.04. The largest absolute Gasteiger partial charge is 0.476 e. The molecule has 0 amide bonds. The maximum absolute atomic E-state index is 11.9. The van der Waals surface area contributed by atoms with E-state index in [0.29, 0.717) is 18.9 Å². The minimum absolute atomic E-state index is 0.330. The van der Waals surface area contributed by atoms with Crippen LogP contribution < -0.4 is 10.1 Å². The minimum atomic E-state index is -1.02. The van der Waals surface area contributed by atoms with Gasteiger partial charge in [0.05, 0.1) is 12.7 Å². The fourth-order valence-corrected chi connectivity index (χ4v) is 2.63. The Morgan fingerprint density at radius 2 is 1.78 bits per heavy atom. The monoisotopic (exact) mass is 371 g/mol. The first-order chi connectivity index (χ1) is 12.9. The number of carbonyl (C=O) groups is 1. The van der Waals surface area contributed by atoms with Crippen molar-refractivity contribution in [2.24, 2.45) is 0 Å². The van der Waals surface area contributed by atoms with Crippen LogP contribution in [0.15, 0.2) is 54.6 Å². The molecule has 2 N–H and O–H groups in total. The molecule has 0 heterocycles. The van der Waals surface area contributed by atoms with Crippen LogP contribution in [-0.2, 0) is 16.0 Å². The van der Waals surface area contributed by atoms with Gasteiger partial charge in [0.2, 0.25) is 0 Å². The molecule has 1 atom stereocenters. The van der Waals surface area contributed by atoms with Crippen molar-refractivity contribution in [1.29, 1.82) is 0 Å². The van der Waals surface area contributed by atoms with E-state index in [1.54, 1.807) is 20.8 Å². The summed E-state index contributed by atoms with van der Waals surface area (Å²) >= 11 is 0. The highest BCUT2D eigenvalue weighted by Gasteiger charge is 2.31. The Morgan fingerprint density at radius 3 is 2.41 bits per heavy atom. The third kappa shape index (κ3) is 6.70. The molecule has 5 nitrogen and oxygen atoms in total. The van der Waals surface area contributed by atoms with Gasteiger partial charge in [-0.1, -0.05) is 42.5 Å². The molecule has 146 valence electrons. The molecule has 0 unspecified atom stereocenters. The molecule has 0 fully saturated rings. The number of ether oxygens (including phenoxy) is 2. The lowest BCUT2D eigenvalue weighted by atomic mass is 10.1. The lowest BCUT2D eigenvalue weighted by molar-refractivity contribution is -0.158. The number of aliphatic hydroxyl groups excluding tert-OH is 1. The van der Waals surface area contributed by atoms with Gasteiger partial charge in [-0.2, -0.15) is 0 Å². The molecular formula is C22H29NO4. The topological polar surface area (TPSA) is 67.8 Å². The number of hydrogen-bond acceptors (Lipinski definition) is 5. The van der Waals surface area contributed by atoms with Crippen LogP contribution in [0.25, 0.3) is 0 Å². The van der Waals surface area contributed by atoms with E-state index in [0.717, 1.165) is 24.1 Å². The SMILES string of the molecule is CCOC(=O)C(C)(C)Oc1ccc(CCNC[C@H](O)c2ccccc2)cc1. The lowest BCUT2D eigenvalue weighted by Gasteiger charge is -2.24. The second-order valence-electron chi connectivity index (χ2n) is 6.86. The highest BCUT2D eigenvalue weighted by Crippen LogP contribution is 2.20. The normalized spacial score (nSPS) is 12.4. The summed E-state index contributed by atoms with van der Waals surface area (Å²) in [6, 6.07) is 17.3. The average Bonchev–Trinajstić information content (AvgIpc) is 2.67. The molecule has 0 radical (unpaired) electrons. The van der Waals surface area contributed by atoms with Gasteiger partial charge >= 0.3 is 5.97 Å². The summed E-state index contributed by atoms with van der Waals surface area (Å²) in [5.74, 6) is 0.250. The number of rotatable bonds is 10. The van der Waals surface area contributed by atoms with Crippen LogP contribution in [0.3, 0.4) is 0 Å². The molecule has 2 aromatic carbocycles. The second kappa shape index (κ2) is 10.1. The van der Waals surface area contributed by atoms with Gasteiger partial charge in [-0.05, 0) is 57.0 Å². The molecule has 2 rings (SSSR count). The van der Waals surface area contributed by atoms with Gasteiger partial charge in [0.25, 0.3) is 0 Å². The fraction of sp³-hybridized carbons (Fsp3) is 0.409. The van der Waals surface area contributed by atoms with Crippen molar-refractivity contribution in [3.63, 3.8) is 0 Å². The molecular weight excluding hydrogens is 342 g/mol. The molecule has 2 aromatic rings. The Balaban J connectivity index is 1.76.